The molecule has 0 rings (SSSR count). The predicted molar refractivity (Wildman–Crippen MR) is 33.1 cm³/mol. The third-order valence-corrected chi connectivity index (χ3v) is 2.20. The number of rotatable bonds is 2. The highest BCUT2D eigenvalue weighted by atomic mass is 79.9. The summed E-state index contributed by atoms with van der Waals surface area (Å²) in [5.74, 6) is 0.470. The number of alkyl halides is 1. The van der Waals surface area contributed by atoms with Crippen molar-refractivity contribution in [2.45, 2.75) is 18.7 Å². The zero-order chi connectivity index (χ0) is 5.86. The van der Waals surface area contributed by atoms with Crippen LogP contribution in [0.3, 0.4) is 0 Å². The molecule has 1 unspecified atom stereocenters. The first-order valence-corrected chi connectivity index (χ1v) is 3.32. The van der Waals surface area contributed by atoms with Gasteiger partial charge in [-0.15, -0.1) is 0 Å². The highest BCUT2D eigenvalue weighted by Crippen LogP contribution is 2.09. The minimum atomic E-state index is -0.0162. The Hall–Kier alpha value is 0.440. The molecule has 0 fully saturated rings. The Morgan fingerprint density at radius 1 is 1.57 bits per heavy atom. The van der Waals surface area contributed by atoms with Crippen LogP contribution in [-0.4, -0.2) is 11.4 Å². The van der Waals surface area contributed by atoms with Crippen molar-refractivity contribution in [2.24, 2.45) is 5.92 Å². The van der Waals surface area contributed by atoms with Gasteiger partial charge in [0, 0.05) is 4.83 Å². The number of hydrogen-bond donors (Lipinski definition) is 0. The molecule has 0 amide bonds. The summed E-state index contributed by atoms with van der Waals surface area (Å²) in [4.78, 5) is 0.160. The molecule has 0 aromatic rings. The van der Waals surface area contributed by atoms with E-state index in [1.807, 2.05) is 13.8 Å². The average molecular weight is 166 g/mol. The maximum absolute atomic E-state index is 10.0. The van der Waals surface area contributed by atoms with Crippen molar-refractivity contribution in [3.63, 3.8) is 0 Å². The van der Waals surface area contributed by atoms with Gasteiger partial charge in [0.15, 0.2) is 0 Å². The Labute approximate surface area is 52.9 Å². The lowest BCUT2D eigenvalue weighted by atomic mass is 10.1. The summed E-state index contributed by atoms with van der Waals surface area (Å²) < 4.78 is 0. The second-order valence-electron chi connectivity index (χ2n) is 1.93. The lowest BCUT2D eigenvalue weighted by molar-refractivity contribution is 0.183. The van der Waals surface area contributed by atoms with Gasteiger partial charge in [-0.3, -0.25) is 0 Å². The van der Waals surface area contributed by atoms with Crippen LogP contribution in [-0.2, 0) is 5.11 Å². The molecule has 0 aliphatic rings. The van der Waals surface area contributed by atoms with Crippen LogP contribution in [0.15, 0.2) is 0 Å². The van der Waals surface area contributed by atoms with Crippen molar-refractivity contribution in [3.05, 3.63) is 0 Å². The van der Waals surface area contributed by atoms with Crippen LogP contribution in [0.1, 0.15) is 13.8 Å². The van der Waals surface area contributed by atoms with Crippen LogP contribution in [0.4, 0.5) is 0 Å². The van der Waals surface area contributed by atoms with Gasteiger partial charge in [-0.2, -0.15) is 0 Å². The second kappa shape index (κ2) is 3.44. The van der Waals surface area contributed by atoms with Gasteiger partial charge >= 0.3 is 0 Å². The fourth-order valence-electron chi connectivity index (χ4n) is 0.192. The number of hydrogen-bond acceptors (Lipinski definition) is 0. The third kappa shape index (κ3) is 3.06. The number of halogens is 1. The summed E-state index contributed by atoms with van der Waals surface area (Å²) in [5, 5.41) is 10.0. The van der Waals surface area contributed by atoms with E-state index in [9.17, 15) is 5.11 Å². The molecule has 7 heavy (non-hydrogen) atoms. The first-order chi connectivity index (χ1) is 3.18. The smallest absolute Gasteiger partial charge is 0.0949 e. The summed E-state index contributed by atoms with van der Waals surface area (Å²) >= 11 is 3.23. The van der Waals surface area contributed by atoms with Gasteiger partial charge in [0.05, 0.1) is 6.61 Å². The monoisotopic (exact) mass is 165 g/mol. The van der Waals surface area contributed by atoms with Crippen molar-refractivity contribution >= 4 is 15.9 Å². The molecule has 0 saturated carbocycles. The maximum Gasteiger partial charge on any atom is 0.0949 e. The third-order valence-electron chi connectivity index (χ3n) is 0.883. The highest BCUT2D eigenvalue weighted by molar-refractivity contribution is 9.09. The Morgan fingerprint density at radius 3 is 2.00 bits per heavy atom. The Kier molecular flexibility index (Phi) is 3.66. The molecule has 0 bridgehead atoms. The molecule has 1 atom stereocenters. The summed E-state index contributed by atoms with van der Waals surface area (Å²) in [6.45, 7) is 4.03. The molecule has 0 spiro atoms. The van der Waals surface area contributed by atoms with E-state index in [-0.39, 0.29) is 11.4 Å². The van der Waals surface area contributed by atoms with Crippen LogP contribution < -0.4 is 0 Å². The van der Waals surface area contributed by atoms with E-state index in [4.69, 9.17) is 0 Å². The topological polar surface area (TPSA) is 19.9 Å². The van der Waals surface area contributed by atoms with Gasteiger partial charge in [0.2, 0.25) is 0 Å². The van der Waals surface area contributed by atoms with E-state index >= 15 is 0 Å². The standard InChI is InChI=1S/C5H10BrO/c1-4(2)5(6)3-7/h4-5H,3H2,1-2H3. The Bertz CT molecular complexity index is 45.3. The molecule has 0 aromatic heterocycles. The molecule has 0 N–H and O–H groups in total. The fraction of sp³-hybridized carbons (Fsp3) is 1.00. The van der Waals surface area contributed by atoms with Gasteiger partial charge < -0.3 is 0 Å². The lowest BCUT2D eigenvalue weighted by Crippen LogP contribution is -2.10. The molecule has 0 saturated heterocycles. The largest absolute Gasteiger partial charge is 0.236 e. The molecule has 43 valence electrons. The van der Waals surface area contributed by atoms with Crippen molar-refractivity contribution in [2.75, 3.05) is 6.61 Å². The molecular formula is C5H10BrO. The normalized spacial score (nSPS) is 15.0. The SMILES string of the molecule is CC(C)C(Br)C[O]. The summed E-state index contributed by atoms with van der Waals surface area (Å²) in [5.41, 5.74) is 0. The summed E-state index contributed by atoms with van der Waals surface area (Å²) in [6.07, 6.45) is 0. The summed E-state index contributed by atoms with van der Waals surface area (Å²) in [6, 6.07) is 0. The van der Waals surface area contributed by atoms with E-state index in [1.54, 1.807) is 0 Å². The van der Waals surface area contributed by atoms with Crippen molar-refractivity contribution in [1.29, 1.82) is 0 Å². The van der Waals surface area contributed by atoms with Gasteiger partial charge in [-0.1, -0.05) is 29.8 Å². The molecule has 0 aromatic carbocycles. The van der Waals surface area contributed by atoms with Crippen LogP contribution in [0.25, 0.3) is 0 Å². The quantitative estimate of drug-likeness (QED) is 0.557. The van der Waals surface area contributed by atoms with Gasteiger partial charge in [-0.25, -0.2) is 5.11 Å². The first kappa shape index (κ1) is 7.44. The minimum absolute atomic E-state index is 0.0162. The van der Waals surface area contributed by atoms with Gasteiger partial charge in [0.1, 0.15) is 0 Å². The Balaban J connectivity index is 3.14. The van der Waals surface area contributed by atoms with E-state index in [0.29, 0.717) is 5.92 Å². The van der Waals surface area contributed by atoms with E-state index in [0.717, 1.165) is 0 Å². The molecule has 2 heteroatoms. The van der Waals surface area contributed by atoms with Gasteiger partial charge in [0.25, 0.3) is 0 Å². The van der Waals surface area contributed by atoms with Gasteiger partial charge in [-0.05, 0) is 5.92 Å². The fourth-order valence-corrected chi connectivity index (χ4v) is 0.192. The van der Waals surface area contributed by atoms with Crippen LogP contribution in [0.5, 0.6) is 0 Å². The zero-order valence-corrected chi connectivity index (χ0v) is 6.23. The summed E-state index contributed by atoms with van der Waals surface area (Å²) in [7, 11) is 0. The molecule has 0 aliphatic heterocycles. The maximum atomic E-state index is 10.0. The molecule has 1 nitrogen and oxygen atoms in total. The van der Waals surface area contributed by atoms with E-state index in [2.05, 4.69) is 15.9 Å². The average Bonchev–Trinajstić information content (AvgIpc) is 1.65. The van der Waals surface area contributed by atoms with Crippen molar-refractivity contribution in [1.82, 2.24) is 0 Å². The highest BCUT2D eigenvalue weighted by Gasteiger charge is 2.05. The first-order valence-electron chi connectivity index (χ1n) is 2.40. The Morgan fingerprint density at radius 2 is 2.00 bits per heavy atom. The minimum Gasteiger partial charge on any atom is -0.236 e. The molecule has 1 radical (unpaired) electrons. The predicted octanol–water partition coefficient (Wildman–Crippen LogP) is 1.84. The van der Waals surface area contributed by atoms with Crippen LogP contribution in [0, 0.1) is 5.92 Å². The van der Waals surface area contributed by atoms with Crippen LogP contribution >= 0.6 is 15.9 Å². The van der Waals surface area contributed by atoms with Crippen molar-refractivity contribution < 1.29 is 5.11 Å². The molecular weight excluding hydrogens is 156 g/mol. The second-order valence-corrected chi connectivity index (χ2v) is 3.10. The van der Waals surface area contributed by atoms with E-state index in [1.165, 1.54) is 0 Å². The zero-order valence-electron chi connectivity index (χ0n) is 4.65. The molecule has 0 aliphatic carbocycles. The molecule has 0 heterocycles. The lowest BCUT2D eigenvalue weighted by Gasteiger charge is -2.06. The van der Waals surface area contributed by atoms with Crippen molar-refractivity contribution in [3.8, 4) is 0 Å². The van der Waals surface area contributed by atoms with Crippen LogP contribution in [0.2, 0.25) is 0 Å². The van der Waals surface area contributed by atoms with E-state index < -0.39 is 0 Å².